The second kappa shape index (κ2) is 21.1. The maximum Gasteiger partial charge on any atom is 0.307 e. The highest BCUT2D eigenvalue weighted by atomic mass is 16.4. The maximum absolute atomic E-state index is 14.4. The quantitative estimate of drug-likeness (QED) is 0.0978. The molecular formula is C42H60N6O8. The molecule has 2 heterocycles. The molecule has 14 nitrogen and oxygen atoms in total. The van der Waals surface area contributed by atoms with E-state index in [0.29, 0.717) is 44.5 Å². The molecule has 2 aliphatic rings. The van der Waals surface area contributed by atoms with Gasteiger partial charge in [0, 0.05) is 50.5 Å². The van der Waals surface area contributed by atoms with E-state index in [1.54, 1.807) is 29.2 Å². The average Bonchev–Trinajstić information content (AvgIpc) is 3.92. The Hall–Kier alpha value is -4.62. The summed E-state index contributed by atoms with van der Waals surface area (Å²) in [6, 6.07) is 7.19. The zero-order valence-electron chi connectivity index (χ0n) is 33.6. The van der Waals surface area contributed by atoms with Crippen LogP contribution < -0.4 is 5.32 Å². The number of benzene rings is 1. The van der Waals surface area contributed by atoms with E-state index in [9.17, 15) is 38.7 Å². The molecule has 1 aromatic carbocycles. The van der Waals surface area contributed by atoms with Crippen molar-refractivity contribution in [1.29, 1.82) is 0 Å². The summed E-state index contributed by atoms with van der Waals surface area (Å²) >= 11 is 0. The molecule has 1 saturated carbocycles. The molecule has 7 atom stereocenters. The maximum atomic E-state index is 14.4. The van der Waals surface area contributed by atoms with E-state index >= 15 is 0 Å². The number of Topliss-reactive ketones (excluding diaryl/α,β-unsaturated/α-hetero) is 4. The van der Waals surface area contributed by atoms with Crippen LogP contribution in [0, 0.1) is 41.4 Å². The summed E-state index contributed by atoms with van der Waals surface area (Å²) < 4.78 is 0. The molecule has 4 rings (SSSR count). The number of tetrazole rings is 1. The first kappa shape index (κ1) is 44.1. The van der Waals surface area contributed by atoms with E-state index in [1.165, 1.54) is 0 Å². The van der Waals surface area contributed by atoms with Crippen LogP contribution in [0.15, 0.2) is 30.3 Å². The standard InChI is InChI=1S/C42H60N6O8/c1-6-13-28(39(52)35(51)22-30(42(55)56)20-27-14-8-7-9-15-27)21-34(50)38-32-18-12-16-29(32)24-48(38)41(54)37(26(4)5)43-40(53)33(25(2)3)23-31(49)17-10-11-19-36-44-46-47-45-36/h7-9,14-15,25-26,28-30,32-33,37-38H,6,10-13,16-24H2,1-5H3,(H,43,53)(H,55,56)(H,44,45,46,47)/t28?,29-,30?,32-,33+,37-,38-/m0/s1. The van der Waals surface area contributed by atoms with Crippen molar-refractivity contribution in [1.82, 2.24) is 30.8 Å². The van der Waals surface area contributed by atoms with Crippen molar-refractivity contribution in [2.75, 3.05) is 6.54 Å². The SMILES string of the molecule is CCCC(CC(=O)[C@@H]1[C@H]2CCC[C@H]2CN1C(=O)[C@@H](NC(=O)[C@H](CC(=O)CCCCc1nn[nH]n1)C(C)C)C(C)C)C(=O)C(=O)CC(Cc1ccccc1)C(=O)O. The molecule has 56 heavy (non-hydrogen) atoms. The number of hydrogen-bond donors (Lipinski definition) is 3. The number of nitrogens with one attached hydrogen (secondary N) is 2. The van der Waals surface area contributed by atoms with Gasteiger partial charge in [-0.25, -0.2) is 0 Å². The van der Waals surface area contributed by atoms with Gasteiger partial charge in [0.25, 0.3) is 0 Å². The number of fused-ring (bicyclic) bond motifs is 1. The van der Waals surface area contributed by atoms with Crippen LogP contribution in [0.25, 0.3) is 0 Å². The van der Waals surface area contributed by atoms with E-state index in [2.05, 4.69) is 25.9 Å². The van der Waals surface area contributed by atoms with Crippen molar-refractivity contribution in [3.63, 3.8) is 0 Å². The molecule has 1 aromatic heterocycles. The van der Waals surface area contributed by atoms with Crippen molar-refractivity contribution in [2.45, 2.75) is 130 Å². The highest BCUT2D eigenvalue weighted by Crippen LogP contribution is 2.43. The van der Waals surface area contributed by atoms with Crippen LogP contribution in [0.4, 0.5) is 0 Å². The molecule has 14 heteroatoms. The number of carbonyl (C=O) groups is 7. The molecule has 0 spiro atoms. The van der Waals surface area contributed by atoms with E-state index < -0.39 is 53.8 Å². The van der Waals surface area contributed by atoms with Crippen LogP contribution in [0.2, 0.25) is 0 Å². The van der Waals surface area contributed by atoms with Crippen LogP contribution in [0.3, 0.4) is 0 Å². The second-order valence-electron chi connectivity index (χ2n) is 16.5. The lowest BCUT2D eigenvalue weighted by Crippen LogP contribution is -2.56. The molecule has 1 aliphatic carbocycles. The van der Waals surface area contributed by atoms with Gasteiger partial charge in [0.2, 0.25) is 17.6 Å². The number of H-pyrrole nitrogens is 1. The first-order valence-electron chi connectivity index (χ1n) is 20.4. The van der Waals surface area contributed by atoms with E-state index in [0.717, 1.165) is 24.8 Å². The first-order valence-corrected chi connectivity index (χ1v) is 20.4. The Labute approximate surface area is 329 Å². The minimum Gasteiger partial charge on any atom is -0.481 e. The van der Waals surface area contributed by atoms with Gasteiger partial charge < -0.3 is 15.3 Å². The number of likely N-dealkylation sites (tertiary alicyclic amines) is 1. The largest absolute Gasteiger partial charge is 0.481 e. The molecule has 306 valence electrons. The minimum atomic E-state index is -1.17. The monoisotopic (exact) mass is 776 g/mol. The molecule has 2 unspecified atom stereocenters. The molecule has 2 amide bonds. The van der Waals surface area contributed by atoms with Crippen molar-refractivity contribution in [2.24, 2.45) is 41.4 Å². The molecule has 2 fully saturated rings. The summed E-state index contributed by atoms with van der Waals surface area (Å²) in [5, 5.41) is 26.6. The normalized spacial score (nSPS) is 20.0. The molecule has 3 N–H and O–H groups in total. The van der Waals surface area contributed by atoms with Gasteiger partial charge in [-0.15, -0.1) is 10.2 Å². The average molecular weight is 777 g/mol. The summed E-state index contributed by atoms with van der Waals surface area (Å²) in [6.45, 7) is 9.63. The summed E-state index contributed by atoms with van der Waals surface area (Å²) in [7, 11) is 0. The number of aliphatic carboxylic acids is 1. The number of carboxylic acids is 1. The lowest BCUT2D eigenvalue weighted by atomic mass is 9.83. The summed E-state index contributed by atoms with van der Waals surface area (Å²) in [6.07, 6.45) is 5.02. The third-order valence-electron chi connectivity index (χ3n) is 11.7. The Morgan fingerprint density at radius 3 is 2.29 bits per heavy atom. The van der Waals surface area contributed by atoms with Crippen LogP contribution >= 0.6 is 0 Å². The Kier molecular flexibility index (Phi) is 16.6. The number of unbranched alkanes of at least 4 members (excludes halogenated alkanes) is 1. The number of aryl methyl sites for hydroxylation is 1. The number of ketones is 4. The van der Waals surface area contributed by atoms with Crippen molar-refractivity contribution < 1.29 is 38.7 Å². The molecule has 0 bridgehead atoms. The number of carboxylic acid groups (broad SMARTS) is 1. The van der Waals surface area contributed by atoms with Crippen LogP contribution in [-0.2, 0) is 46.4 Å². The topological polar surface area (TPSA) is 209 Å². The fraction of sp³-hybridized carbons (Fsp3) is 0.667. The van der Waals surface area contributed by atoms with Crippen LogP contribution in [0.1, 0.15) is 117 Å². The van der Waals surface area contributed by atoms with E-state index in [4.69, 9.17) is 0 Å². The third kappa shape index (κ3) is 11.9. The van der Waals surface area contributed by atoms with Crippen molar-refractivity contribution in [3.8, 4) is 0 Å². The first-order chi connectivity index (χ1) is 26.7. The number of aromatic amines is 1. The Bertz CT molecular complexity index is 1660. The van der Waals surface area contributed by atoms with Gasteiger partial charge >= 0.3 is 5.97 Å². The van der Waals surface area contributed by atoms with Gasteiger partial charge in [-0.3, -0.25) is 33.6 Å². The number of carbonyl (C=O) groups excluding carboxylic acids is 6. The molecule has 1 saturated heterocycles. The predicted molar refractivity (Wildman–Crippen MR) is 207 cm³/mol. The molecule has 2 aromatic rings. The Balaban J connectivity index is 1.43. The predicted octanol–water partition coefficient (Wildman–Crippen LogP) is 4.76. The number of hydrogen-bond acceptors (Lipinski definition) is 10. The Morgan fingerprint density at radius 1 is 0.929 bits per heavy atom. The number of rotatable bonds is 24. The Morgan fingerprint density at radius 2 is 1.66 bits per heavy atom. The lowest BCUT2D eigenvalue weighted by molar-refractivity contribution is -0.147. The van der Waals surface area contributed by atoms with E-state index in [1.807, 2.05) is 40.7 Å². The molecule has 1 aliphatic heterocycles. The van der Waals surface area contributed by atoms with Crippen molar-refractivity contribution in [3.05, 3.63) is 41.7 Å². The highest BCUT2D eigenvalue weighted by molar-refractivity contribution is 6.38. The minimum absolute atomic E-state index is 0.0400. The van der Waals surface area contributed by atoms with Gasteiger partial charge in [-0.05, 0) is 67.8 Å². The van der Waals surface area contributed by atoms with Crippen LogP contribution in [0.5, 0.6) is 0 Å². The zero-order valence-corrected chi connectivity index (χ0v) is 33.6. The number of aromatic nitrogens is 4. The van der Waals surface area contributed by atoms with Crippen molar-refractivity contribution >= 4 is 40.9 Å². The highest BCUT2D eigenvalue weighted by Gasteiger charge is 2.51. The summed E-state index contributed by atoms with van der Waals surface area (Å²) in [4.78, 5) is 96.1. The number of amides is 2. The van der Waals surface area contributed by atoms with Gasteiger partial charge in [0.05, 0.1) is 12.0 Å². The van der Waals surface area contributed by atoms with Gasteiger partial charge in [0.1, 0.15) is 11.8 Å². The zero-order chi connectivity index (χ0) is 40.9. The molecular weight excluding hydrogens is 716 g/mol. The van der Waals surface area contributed by atoms with Gasteiger partial charge in [-0.1, -0.05) is 83.0 Å². The smallest absolute Gasteiger partial charge is 0.307 e. The van der Waals surface area contributed by atoms with Gasteiger partial charge in [-0.2, -0.15) is 5.21 Å². The fourth-order valence-electron chi connectivity index (χ4n) is 8.50. The van der Waals surface area contributed by atoms with Gasteiger partial charge in [0.15, 0.2) is 17.4 Å². The summed E-state index contributed by atoms with van der Waals surface area (Å²) in [5.41, 5.74) is 0.742. The number of nitrogens with zero attached hydrogens (tertiary/aromatic N) is 4. The van der Waals surface area contributed by atoms with E-state index in [-0.39, 0.29) is 72.7 Å². The fourth-order valence-corrected chi connectivity index (χ4v) is 8.50. The van der Waals surface area contributed by atoms with Crippen LogP contribution in [-0.4, -0.2) is 90.2 Å². The lowest BCUT2D eigenvalue weighted by Gasteiger charge is -2.33. The third-order valence-corrected chi connectivity index (χ3v) is 11.7. The second-order valence-corrected chi connectivity index (χ2v) is 16.5. The molecule has 0 radical (unpaired) electrons. The summed E-state index contributed by atoms with van der Waals surface area (Å²) in [5.74, 6) is -6.33.